The Kier molecular flexibility index (Phi) is 26.8. The van der Waals surface area contributed by atoms with E-state index in [0.29, 0.717) is 0 Å². The molecule has 7 amide bonds. The molecule has 20 N–H and O–H groups in total. The normalized spacial score (nSPS) is 27.5. The number of benzene rings is 6. The van der Waals surface area contributed by atoms with Crippen molar-refractivity contribution >= 4 is 76.5 Å². The lowest BCUT2D eigenvalue weighted by atomic mass is 9.84. The minimum Gasteiger partial charge on any atom is -0.508 e. The number of nitrogens with one attached hydrogen (secondary N) is 8. The van der Waals surface area contributed by atoms with Crippen LogP contribution >= 0.6 is 23.2 Å². The van der Waals surface area contributed by atoms with E-state index in [1.807, 2.05) is 13.8 Å². The van der Waals surface area contributed by atoms with Crippen molar-refractivity contribution in [1.29, 1.82) is 0 Å². The summed E-state index contributed by atoms with van der Waals surface area (Å²) in [6.45, 7) is 5.40. The number of esters is 1. The number of hydrogen-bond donors (Lipinski definition) is 19. The minimum absolute atomic E-state index is 0.0195. The van der Waals surface area contributed by atoms with Gasteiger partial charge in [0, 0.05) is 41.3 Å². The largest absolute Gasteiger partial charge is 0.508 e. The summed E-state index contributed by atoms with van der Waals surface area (Å²) in [6.07, 6.45) is -20.8. The number of rotatable bonds is 20. The first-order valence-electron chi connectivity index (χ1n) is 36.2. The molecule has 7 heterocycles. The molecule has 616 valence electrons. The van der Waals surface area contributed by atoms with E-state index in [0.717, 1.165) is 72.3 Å². The molecule has 0 radical (unpaired) electrons. The maximum atomic E-state index is 16.2. The zero-order valence-electron chi connectivity index (χ0n) is 62.4. The lowest BCUT2D eigenvalue weighted by Gasteiger charge is -2.48. The van der Waals surface area contributed by atoms with Gasteiger partial charge in [0.15, 0.2) is 36.0 Å². The Bertz CT molecular complexity index is 4680. The number of nitrogens with two attached hydrogens (primary N) is 1. The average molecular weight is 1640 g/mol. The quantitative estimate of drug-likeness (QED) is 0.0482. The second-order valence-corrected chi connectivity index (χ2v) is 29.6. The number of primary amides is 1. The molecule has 38 heteroatoms. The van der Waals surface area contributed by atoms with Crippen molar-refractivity contribution in [1.82, 2.24) is 42.5 Å². The van der Waals surface area contributed by atoms with Crippen LogP contribution in [0.15, 0.2) is 109 Å². The highest BCUT2D eigenvalue weighted by Gasteiger charge is 2.53. The number of carbonyl (C=O) groups is 9. The second-order valence-electron chi connectivity index (χ2n) is 28.8. The highest BCUT2D eigenvalue weighted by atomic mass is 35.5. The number of phenolic OH excluding ortho intramolecular Hbond substituents is 3. The Hall–Kier alpha value is -10.5. The van der Waals surface area contributed by atoms with Crippen LogP contribution < -0.4 is 62.5 Å². The summed E-state index contributed by atoms with van der Waals surface area (Å²) >= 11 is 14.3. The fourth-order valence-electron chi connectivity index (χ4n) is 14.1. The van der Waals surface area contributed by atoms with Gasteiger partial charge in [-0.1, -0.05) is 85.6 Å². The first kappa shape index (κ1) is 85.3. The Morgan fingerprint density at radius 2 is 1.33 bits per heavy atom. The van der Waals surface area contributed by atoms with Crippen molar-refractivity contribution in [2.75, 3.05) is 27.3 Å². The molecular formula is C77H87Cl2N9O27. The van der Waals surface area contributed by atoms with E-state index in [9.17, 15) is 79.8 Å². The number of amides is 7. The van der Waals surface area contributed by atoms with E-state index in [1.165, 1.54) is 33.2 Å². The molecule has 6 aromatic rings. The van der Waals surface area contributed by atoms with Crippen molar-refractivity contribution in [3.8, 4) is 57.1 Å². The number of phenols is 3. The Morgan fingerprint density at radius 1 is 0.704 bits per heavy atom. The Balaban J connectivity index is 1.11. The zero-order chi connectivity index (χ0) is 83.3. The fourth-order valence-corrected chi connectivity index (χ4v) is 14.5. The van der Waals surface area contributed by atoms with Gasteiger partial charge >= 0.3 is 11.9 Å². The van der Waals surface area contributed by atoms with Gasteiger partial charge in [0.25, 0.3) is 0 Å². The fraction of sp³-hybridized carbons (Fsp3) is 0.416. The average Bonchev–Trinajstić information content (AvgIpc) is 0.767. The summed E-state index contributed by atoms with van der Waals surface area (Å²) in [5, 5.41) is 136. The summed E-state index contributed by atoms with van der Waals surface area (Å²) < 4.78 is 50.3. The lowest BCUT2D eigenvalue weighted by molar-refractivity contribution is -0.334. The number of aromatic hydroxyl groups is 3. The Morgan fingerprint density at radius 3 is 1.94 bits per heavy atom. The van der Waals surface area contributed by atoms with Crippen LogP contribution in [0.3, 0.4) is 0 Å². The number of likely N-dealkylation sites (N-methyl/N-ethyl adjacent to an activating group) is 1. The molecule has 11 bridgehead atoms. The van der Waals surface area contributed by atoms with E-state index >= 15 is 14.4 Å². The van der Waals surface area contributed by atoms with E-state index in [4.69, 9.17) is 66.8 Å². The van der Waals surface area contributed by atoms with Crippen LogP contribution in [-0.4, -0.2) is 217 Å². The van der Waals surface area contributed by atoms with Crippen LogP contribution in [0.4, 0.5) is 0 Å². The van der Waals surface area contributed by atoms with Crippen molar-refractivity contribution in [2.45, 2.75) is 169 Å². The third-order valence-corrected chi connectivity index (χ3v) is 20.8. The SMILES string of the molecule is CN[C@H](CC(C)C)C(=O)NC1C(=O)N[C@@H](CC(N)=O)C(=O)N[C@H]2C(=O)NC3C(=O)N[C@H](C(=O)N[C@@H](C(=O)O)c4cc(O)cc(O)c4-c4cc3ccc4O)[C@H](O)c3ccc(c(Cl)c3)Oc3cc2cc(c3OC2OC(CO)C(O)C(O)C2OC2CC(C)(NCC(OCc3ccccc3)C(=O)OC)C(O)C(C)O2)Oc2ccc(cc2Cl)[C@H]1O. The highest BCUT2D eigenvalue weighted by Crippen LogP contribution is 2.50. The van der Waals surface area contributed by atoms with Crippen molar-refractivity contribution in [2.24, 2.45) is 11.7 Å². The number of aliphatic carboxylic acids is 1. The van der Waals surface area contributed by atoms with E-state index in [-0.39, 0.29) is 54.4 Å². The topological polar surface area (TPSA) is 552 Å². The van der Waals surface area contributed by atoms with Gasteiger partial charge in [-0.25, -0.2) is 9.59 Å². The molecule has 0 aromatic heterocycles. The molecule has 7 aliphatic rings. The molecule has 36 nitrogen and oxygen atoms in total. The van der Waals surface area contributed by atoms with Gasteiger partial charge in [-0.2, -0.15) is 0 Å². The first-order chi connectivity index (χ1) is 54.6. The van der Waals surface area contributed by atoms with Crippen molar-refractivity contribution in [3.63, 3.8) is 0 Å². The predicted octanol–water partition coefficient (Wildman–Crippen LogP) is 1.50. The van der Waals surface area contributed by atoms with Crippen LogP contribution in [0.1, 0.15) is 111 Å². The van der Waals surface area contributed by atoms with Gasteiger partial charge in [-0.15, -0.1) is 0 Å². The molecule has 0 saturated carbocycles. The maximum absolute atomic E-state index is 16.2. The molecule has 0 aliphatic carbocycles. The van der Waals surface area contributed by atoms with Crippen LogP contribution in [0, 0.1) is 5.92 Å². The second kappa shape index (κ2) is 36.1. The van der Waals surface area contributed by atoms with E-state index in [1.54, 1.807) is 37.3 Å². The van der Waals surface area contributed by atoms with Gasteiger partial charge in [-0.05, 0) is 116 Å². The van der Waals surface area contributed by atoms with Gasteiger partial charge in [0.1, 0.15) is 89.5 Å². The molecular weight excluding hydrogens is 1550 g/mol. The van der Waals surface area contributed by atoms with E-state index in [2.05, 4.69) is 42.5 Å². The van der Waals surface area contributed by atoms with Crippen molar-refractivity contribution in [3.05, 3.63) is 153 Å². The molecule has 115 heavy (non-hydrogen) atoms. The standard InChI is InChI=1S/C77H87Cl2N9O27/c1-31(2)18-43(81-5)68(99)87-59-61(94)35-13-16-47(41(78)20-35)111-49-22-37-23-50(65(49)115-76-66(64(97)63(96)52(29-89)113-76)114-54-27-77(4,67(98)32(3)110-54)82-28-51(75(107)108-6)109-30-33-10-8-7-9-11-33)112-48-17-14-36(21-42(48)79)62(95)60-73(104)86-58(74(105)106)40-24-38(90)25-46(92)55(40)39-19-34(12-15-45(39)91)56(70(101)88-60)85-71(102)57(37)84-69(100)44(26-53(80)93)83-72(59)103/h7-17,19-25,31-32,43-44,51-52,54,56-64,66-67,76,81-82,89-92,94-98H,18,26-30H2,1-6H3,(H2,80,93)(H,83,103)(H,84,100)(H,85,102)(H,86,104)(H,87,99)(H,88,101)(H,105,106)/t32?,43-,44+,51?,52?,54?,56?,57-,58-,59?,60+,61-,62-,63?,64?,66?,67?,76?,77?/m1/s1. The van der Waals surface area contributed by atoms with E-state index < -0.39 is 254 Å². The monoisotopic (exact) mass is 1640 g/mol. The summed E-state index contributed by atoms with van der Waals surface area (Å²) in [6, 6.07) is 7.93. The number of carbonyl (C=O) groups excluding carboxylic acids is 8. The van der Waals surface area contributed by atoms with Crippen LogP contribution in [0.25, 0.3) is 11.1 Å². The van der Waals surface area contributed by atoms with Gasteiger partial charge in [0.05, 0.1) is 55.0 Å². The third-order valence-electron chi connectivity index (χ3n) is 20.2. The van der Waals surface area contributed by atoms with Gasteiger partial charge in [-0.3, -0.25) is 33.6 Å². The first-order valence-corrected chi connectivity index (χ1v) is 37.0. The number of methoxy groups -OCH3 is 1. The highest BCUT2D eigenvalue weighted by molar-refractivity contribution is 6.32. The smallest absolute Gasteiger partial charge is 0.336 e. The van der Waals surface area contributed by atoms with Crippen LogP contribution in [0.2, 0.25) is 10.0 Å². The number of fused-ring (bicyclic) bond motifs is 15. The number of carboxylic acids is 1. The van der Waals surface area contributed by atoms with Gasteiger partial charge < -0.3 is 137 Å². The number of halogens is 2. The van der Waals surface area contributed by atoms with Crippen molar-refractivity contribution < 1.29 is 132 Å². The molecule has 2 fully saturated rings. The third kappa shape index (κ3) is 19.0. The number of carboxylic acid groups (broad SMARTS) is 1. The molecule has 13 rings (SSSR count). The minimum atomic E-state index is -2.39. The summed E-state index contributed by atoms with van der Waals surface area (Å²) in [4.78, 5) is 131. The summed E-state index contributed by atoms with van der Waals surface area (Å²) in [7, 11) is 2.63. The van der Waals surface area contributed by atoms with Crippen LogP contribution in [-0.2, 0) is 73.4 Å². The zero-order valence-corrected chi connectivity index (χ0v) is 63.9. The summed E-state index contributed by atoms with van der Waals surface area (Å²) in [5.41, 5.74) is 2.08. The molecule has 19 atom stereocenters. The molecule has 7 aliphatic heterocycles. The van der Waals surface area contributed by atoms with Gasteiger partial charge in [0.2, 0.25) is 53.4 Å². The molecule has 6 aromatic carbocycles. The lowest BCUT2D eigenvalue weighted by Crippen LogP contribution is -2.66. The van der Waals surface area contributed by atoms with Crippen LogP contribution in [0.5, 0.6) is 46.0 Å². The number of aliphatic hydroxyl groups excluding tert-OH is 6. The molecule has 0 spiro atoms. The maximum Gasteiger partial charge on any atom is 0.336 e. The predicted molar refractivity (Wildman–Crippen MR) is 400 cm³/mol. The molecule has 12 unspecified atom stereocenters. The number of aliphatic hydroxyl groups is 6. The Labute approximate surface area is 665 Å². The summed E-state index contributed by atoms with van der Waals surface area (Å²) in [5.74, 6) is -17.1. The number of ether oxygens (including phenoxy) is 8. The number of hydrogen-bond acceptors (Lipinski definition) is 28. The molecule has 2 saturated heterocycles.